The number of likely N-dealkylation sites (tertiary alicyclic amines) is 1. The molecule has 0 radical (unpaired) electrons. The first-order valence-corrected chi connectivity index (χ1v) is 13.4. The highest BCUT2D eigenvalue weighted by Gasteiger charge is 2.55. The molecule has 4 heterocycles. The van der Waals surface area contributed by atoms with Crippen molar-refractivity contribution in [2.75, 3.05) is 24.5 Å². The third kappa shape index (κ3) is 4.22. The Morgan fingerprint density at radius 1 is 1.18 bits per heavy atom. The standard InChI is InChI=1S/C25H37IN6O2/c1-17-20(26)21(31-9-7-18(11-24(31,5)6)29-10-8-27-16-29)28-32(17)19-12-25(13-19)14-30(15-25)22(33)34-23(2,3)4/h8,10,16,18-19H,7,9,11-15H2,1-6H3. The van der Waals surface area contributed by atoms with Gasteiger partial charge in [0.25, 0.3) is 0 Å². The van der Waals surface area contributed by atoms with Crippen LogP contribution < -0.4 is 4.90 Å². The summed E-state index contributed by atoms with van der Waals surface area (Å²) in [7, 11) is 0. The molecule has 186 valence electrons. The molecule has 2 saturated heterocycles. The number of hydrogen-bond acceptors (Lipinski definition) is 5. The molecule has 1 aliphatic carbocycles. The van der Waals surface area contributed by atoms with E-state index in [0.717, 1.165) is 51.1 Å². The van der Waals surface area contributed by atoms with Crippen LogP contribution in [-0.4, -0.2) is 61.1 Å². The Balaban J connectivity index is 1.24. The molecule has 3 aliphatic rings. The van der Waals surface area contributed by atoms with Gasteiger partial charge in [-0.05, 0) is 89.8 Å². The lowest BCUT2D eigenvalue weighted by atomic mass is 9.61. The topological polar surface area (TPSA) is 68.4 Å². The smallest absolute Gasteiger partial charge is 0.410 e. The number of carbonyl (C=O) groups excluding carboxylic acids is 1. The van der Waals surface area contributed by atoms with Crippen LogP contribution in [0.5, 0.6) is 0 Å². The summed E-state index contributed by atoms with van der Waals surface area (Å²) in [5.74, 6) is 1.12. The third-order valence-corrected chi connectivity index (χ3v) is 9.06. The average molecular weight is 581 g/mol. The largest absolute Gasteiger partial charge is 0.444 e. The van der Waals surface area contributed by atoms with Gasteiger partial charge in [-0.1, -0.05) is 0 Å². The van der Waals surface area contributed by atoms with Crippen molar-refractivity contribution >= 4 is 34.5 Å². The number of amides is 1. The molecule has 1 unspecified atom stereocenters. The molecule has 2 aromatic heterocycles. The van der Waals surface area contributed by atoms with E-state index in [4.69, 9.17) is 9.84 Å². The second kappa shape index (κ2) is 8.13. The van der Waals surface area contributed by atoms with E-state index in [1.807, 2.05) is 38.2 Å². The van der Waals surface area contributed by atoms with Crippen molar-refractivity contribution in [1.29, 1.82) is 0 Å². The van der Waals surface area contributed by atoms with Crippen LogP contribution in [0.3, 0.4) is 0 Å². The number of imidazole rings is 1. The summed E-state index contributed by atoms with van der Waals surface area (Å²) in [4.78, 5) is 20.9. The summed E-state index contributed by atoms with van der Waals surface area (Å²) >= 11 is 2.48. The molecule has 8 nitrogen and oxygen atoms in total. The monoisotopic (exact) mass is 580 g/mol. The van der Waals surface area contributed by atoms with Crippen molar-refractivity contribution in [3.05, 3.63) is 28.0 Å². The van der Waals surface area contributed by atoms with E-state index in [9.17, 15) is 4.79 Å². The molecule has 0 aromatic carbocycles. The number of ether oxygens (including phenoxy) is 1. The number of piperidine rings is 1. The van der Waals surface area contributed by atoms with E-state index < -0.39 is 5.60 Å². The van der Waals surface area contributed by atoms with Crippen LogP contribution in [0, 0.1) is 15.9 Å². The van der Waals surface area contributed by atoms with Crippen LogP contribution in [0.2, 0.25) is 0 Å². The van der Waals surface area contributed by atoms with Crippen molar-refractivity contribution in [3.63, 3.8) is 0 Å². The molecule has 1 spiro atoms. The quantitative estimate of drug-likeness (QED) is 0.468. The summed E-state index contributed by atoms with van der Waals surface area (Å²) in [6.45, 7) is 15.2. The fraction of sp³-hybridized carbons (Fsp3) is 0.720. The molecule has 2 aliphatic heterocycles. The molecule has 0 N–H and O–H groups in total. The van der Waals surface area contributed by atoms with Gasteiger partial charge in [0, 0.05) is 49.0 Å². The number of aromatic nitrogens is 4. The van der Waals surface area contributed by atoms with Crippen LogP contribution in [0.4, 0.5) is 10.6 Å². The number of hydrogen-bond donors (Lipinski definition) is 0. The lowest BCUT2D eigenvalue weighted by Crippen LogP contribution is -2.64. The molecule has 2 aromatic rings. The molecule has 34 heavy (non-hydrogen) atoms. The van der Waals surface area contributed by atoms with Gasteiger partial charge in [-0.2, -0.15) is 5.10 Å². The van der Waals surface area contributed by atoms with Gasteiger partial charge >= 0.3 is 6.09 Å². The number of rotatable bonds is 3. The van der Waals surface area contributed by atoms with Gasteiger partial charge in [0.15, 0.2) is 5.82 Å². The Hall–Kier alpha value is -1.78. The van der Waals surface area contributed by atoms with Gasteiger partial charge in [0.2, 0.25) is 0 Å². The van der Waals surface area contributed by atoms with Crippen LogP contribution >= 0.6 is 22.6 Å². The normalized spacial score (nSPS) is 24.1. The number of nitrogens with zero attached hydrogens (tertiary/aromatic N) is 6. The highest BCUT2D eigenvalue weighted by atomic mass is 127. The van der Waals surface area contributed by atoms with E-state index in [1.165, 1.54) is 9.26 Å². The first-order chi connectivity index (χ1) is 15.9. The van der Waals surface area contributed by atoms with E-state index in [1.54, 1.807) is 0 Å². The second-order valence-corrected chi connectivity index (χ2v) is 13.3. The molecule has 5 rings (SSSR count). The minimum atomic E-state index is -0.442. The van der Waals surface area contributed by atoms with E-state index >= 15 is 0 Å². The molecule has 3 fully saturated rings. The van der Waals surface area contributed by atoms with Crippen LogP contribution in [0.15, 0.2) is 18.7 Å². The Labute approximate surface area is 216 Å². The average Bonchev–Trinajstić information content (AvgIpc) is 3.28. The molecule has 1 atom stereocenters. The van der Waals surface area contributed by atoms with Gasteiger partial charge in [-0.3, -0.25) is 4.68 Å². The van der Waals surface area contributed by atoms with Crippen molar-refractivity contribution in [2.45, 2.75) is 90.4 Å². The van der Waals surface area contributed by atoms with Gasteiger partial charge in [0.05, 0.1) is 21.6 Å². The number of halogens is 1. The van der Waals surface area contributed by atoms with E-state index in [0.29, 0.717) is 12.1 Å². The van der Waals surface area contributed by atoms with Crippen LogP contribution in [0.25, 0.3) is 0 Å². The third-order valence-electron chi connectivity index (χ3n) is 7.80. The maximum absolute atomic E-state index is 12.3. The lowest BCUT2D eigenvalue weighted by Gasteiger charge is -2.58. The zero-order valence-corrected chi connectivity index (χ0v) is 23.4. The van der Waals surface area contributed by atoms with Crippen molar-refractivity contribution in [2.24, 2.45) is 5.41 Å². The first-order valence-electron chi connectivity index (χ1n) is 12.4. The Bertz CT molecular complexity index is 1060. The molecule has 1 amide bonds. The van der Waals surface area contributed by atoms with Crippen LogP contribution in [-0.2, 0) is 4.74 Å². The van der Waals surface area contributed by atoms with Gasteiger partial charge in [0.1, 0.15) is 5.60 Å². The summed E-state index contributed by atoms with van der Waals surface area (Å²) in [5.41, 5.74) is 1.07. The molecular weight excluding hydrogens is 543 g/mol. The Morgan fingerprint density at radius 2 is 1.88 bits per heavy atom. The maximum Gasteiger partial charge on any atom is 0.410 e. The lowest BCUT2D eigenvalue weighted by molar-refractivity contribution is -0.0931. The zero-order valence-electron chi connectivity index (χ0n) is 21.2. The highest BCUT2D eigenvalue weighted by Crippen LogP contribution is 2.55. The highest BCUT2D eigenvalue weighted by molar-refractivity contribution is 14.1. The van der Waals surface area contributed by atoms with Crippen LogP contribution in [0.1, 0.15) is 78.1 Å². The molecule has 1 saturated carbocycles. The molecule has 9 heteroatoms. The maximum atomic E-state index is 12.3. The Morgan fingerprint density at radius 3 is 2.47 bits per heavy atom. The van der Waals surface area contributed by atoms with Crippen molar-refractivity contribution < 1.29 is 9.53 Å². The minimum absolute atomic E-state index is 0.0153. The van der Waals surface area contributed by atoms with E-state index in [2.05, 4.69) is 68.7 Å². The SMILES string of the molecule is Cc1c(I)c(N2CCC(n3ccnc3)CC2(C)C)nn1C1CC2(C1)CN(C(=O)OC(C)(C)C)C2. The van der Waals surface area contributed by atoms with Gasteiger partial charge < -0.3 is 19.1 Å². The zero-order chi connectivity index (χ0) is 24.5. The summed E-state index contributed by atoms with van der Waals surface area (Å²) in [5, 5.41) is 5.18. The predicted octanol–water partition coefficient (Wildman–Crippen LogP) is 5.18. The fourth-order valence-electron chi connectivity index (χ4n) is 6.10. The first kappa shape index (κ1) is 23.9. The summed E-state index contributed by atoms with van der Waals surface area (Å²) in [6.07, 6.45) is 10.0. The molecule has 0 bridgehead atoms. The minimum Gasteiger partial charge on any atom is -0.444 e. The Kier molecular flexibility index (Phi) is 5.72. The van der Waals surface area contributed by atoms with Gasteiger partial charge in [-0.15, -0.1) is 0 Å². The second-order valence-electron chi connectivity index (χ2n) is 12.2. The summed E-state index contributed by atoms with van der Waals surface area (Å²) in [6, 6.07) is 0.891. The van der Waals surface area contributed by atoms with E-state index in [-0.39, 0.29) is 17.0 Å². The fourth-order valence-corrected chi connectivity index (χ4v) is 6.75. The number of carbonyl (C=O) groups is 1. The molecular formula is C25H37IN6O2. The number of anilines is 1. The van der Waals surface area contributed by atoms with Crippen molar-refractivity contribution in [3.8, 4) is 0 Å². The summed E-state index contributed by atoms with van der Waals surface area (Å²) < 4.78 is 11.3. The van der Waals surface area contributed by atoms with Gasteiger partial charge in [-0.25, -0.2) is 9.78 Å². The predicted molar refractivity (Wildman–Crippen MR) is 140 cm³/mol. The van der Waals surface area contributed by atoms with Crippen molar-refractivity contribution in [1.82, 2.24) is 24.2 Å².